The van der Waals surface area contributed by atoms with Crippen molar-refractivity contribution in [2.45, 2.75) is 97.4 Å². The van der Waals surface area contributed by atoms with Crippen LogP contribution in [0.3, 0.4) is 0 Å². The highest BCUT2D eigenvalue weighted by atomic mass is 16.6. The van der Waals surface area contributed by atoms with Gasteiger partial charge in [-0.3, -0.25) is 49.4 Å². The van der Waals surface area contributed by atoms with Gasteiger partial charge in [-0.05, 0) is 99.8 Å². The van der Waals surface area contributed by atoms with Crippen LogP contribution in [-0.4, -0.2) is 175 Å². The monoisotopic (exact) mass is 1150 g/mol. The number of aromatic amines is 1. The van der Waals surface area contributed by atoms with Crippen molar-refractivity contribution in [1.29, 1.82) is 0 Å². The van der Waals surface area contributed by atoms with Crippen LogP contribution in [-0.2, 0) is 62.6 Å². The van der Waals surface area contributed by atoms with Gasteiger partial charge in [0.25, 0.3) is 11.8 Å². The molecular formula is C55H79N13O14. The highest BCUT2D eigenvalue weighted by Gasteiger charge is 2.29. The summed E-state index contributed by atoms with van der Waals surface area (Å²) in [6, 6.07) is 10.8. The van der Waals surface area contributed by atoms with Gasteiger partial charge in [0.1, 0.15) is 30.0 Å². The topological polar surface area (TPSA) is 360 Å². The summed E-state index contributed by atoms with van der Waals surface area (Å²) in [4.78, 5) is 104. The van der Waals surface area contributed by atoms with Gasteiger partial charge in [0.2, 0.25) is 17.7 Å². The normalized spacial score (nSPS) is 14.9. The third-order valence-corrected chi connectivity index (χ3v) is 13.6. The fourth-order valence-electron chi connectivity index (χ4n) is 9.12. The van der Waals surface area contributed by atoms with Crippen LogP contribution < -0.4 is 53.2 Å². The molecule has 0 radical (unpaired) electrons. The van der Waals surface area contributed by atoms with E-state index in [9.17, 15) is 38.7 Å². The van der Waals surface area contributed by atoms with E-state index in [0.717, 1.165) is 54.9 Å². The average Bonchev–Trinajstić information content (AvgIpc) is 3.79. The van der Waals surface area contributed by atoms with Crippen LogP contribution in [0.4, 0.5) is 16.3 Å². The maximum atomic E-state index is 13.6. The lowest BCUT2D eigenvalue weighted by atomic mass is 9.93. The number of nitrogen functional groups attached to an aromatic ring is 1. The van der Waals surface area contributed by atoms with Crippen molar-refractivity contribution >= 4 is 58.3 Å². The van der Waals surface area contributed by atoms with E-state index >= 15 is 0 Å². The molecule has 6 amide bonds. The molecule has 11 N–H and O–H groups in total. The zero-order valence-electron chi connectivity index (χ0n) is 47.1. The maximum absolute atomic E-state index is 13.6. The first kappa shape index (κ1) is 63.6. The number of methoxy groups -OCH3 is 1. The quantitative estimate of drug-likeness (QED) is 0.0178. The number of nitrogens with one attached hydrogen (secondary N) is 6. The van der Waals surface area contributed by atoms with Gasteiger partial charge >= 0.3 is 17.8 Å². The minimum Gasteiger partial charge on any atom is -0.496 e. The number of benzene rings is 2. The molecule has 3 atom stereocenters. The fraction of sp³-hybridized carbons (Fsp3) is 0.545. The van der Waals surface area contributed by atoms with Gasteiger partial charge in [0.15, 0.2) is 17.8 Å². The van der Waals surface area contributed by atoms with Crippen LogP contribution in [0.15, 0.2) is 59.4 Å². The number of piperidine rings is 1. The van der Waals surface area contributed by atoms with Crippen LogP contribution >= 0.6 is 0 Å². The van der Waals surface area contributed by atoms with E-state index in [2.05, 4.69) is 46.4 Å². The van der Waals surface area contributed by atoms with Crippen LogP contribution in [0, 0.1) is 11.8 Å². The lowest BCUT2D eigenvalue weighted by molar-refractivity contribution is -0.137. The van der Waals surface area contributed by atoms with Gasteiger partial charge in [-0.15, -0.1) is 0 Å². The minimum absolute atomic E-state index is 0.00140. The average molecular weight is 1150 g/mol. The molecule has 27 nitrogen and oxygen atoms in total. The molecule has 1 unspecified atom stereocenters. The Morgan fingerprint density at radius 2 is 1.54 bits per heavy atom. The number of rotatable bonds is 35. The van der Waals surface area contributed by atoms with E-state index in [1.165, 1.54) is 16.7 Å². The number of carbonyl (C=O) groups excluding carboxylic acids is 6. The third kappa shape index (κ3) is 20.2. The number of aliphatic hydroxyl groups is 1. The number of hydrogen-bond donors (Lipinski definition) is 9. The Labute approximate surface area is 475 Å². The number of hydrogen-bond acceptors (Lipinski definition) is 20. The zero-order chi connectivity index (χ0) is 59.0. The van der Waals surface area contributed by atoms with Gasteiger partial charge in [-0.1, -0.05) is 38.1 Å². The first-order valence-corrected chi connectivity index (χ1v) is 27.6. The molecule has 1 fully saturated rings. The molecule has 2 aliphatic heterocycles. The second-order valence-corrected chi connectivity index (χ2v) is 20.0. The first-order valence-electron chi connectivity index (χ1n) is 27.6. The summed E-state index contributed by atoms with van der Waals surface area (Å²) in [5, 5.41) is 23.3. The molecule has 0 spiro atoms. The Hall–Kier alpha value is -7.53. The Kier molecular flexibility index (Phi) is 25.5. The summed E-state index contributed by atoms with van der Waals surface area (Å²) < 4.78 is 34.5. The SMILES string of the molecule is CCOc1nc(N)c2[nH]c(=O)n(Cc3ccc(CN4CCC(CCNC(=O)OCc5ccc(NC(=O)[C@H](CCCNC(N)O)NC(=O)[C@@H](NC(=O)CCOCCOCCOCCN6C(=O)C=CC6=O)C(C)C)cc5)CC4)cc3OC)c2n1. The molecule has 4 aromatic rings. The maximum Gasteiger partial charge on any atom is 0.407 e. The molecule has 0 saturated carbocycles. The van der Waals surface area contributed by atoms with Crippen molar-refractivity contribution in [2.24, 2.45) is 17.6 Å². The number of imide groups is 1. The minimum atomic E-state index is -1.26. The number of carbonyl (C=O) groups is 6. The molecule has 0 bridgehead atoms. The van der Waals surface area contributed by atoms with Gasteiger partial charge in [0.05, 0.1) is 66.4 Å². The van der Waals surface area contributed by atoms with Gasteiger partial charge in [-0.25, -0.2) is 9.59 Å². The fourth-order valence-corrected chi connectivity index (χ4v) is 9.12. The highest BCUT2D eigenvalue weighted by Crippen LogP contribution is 2.27. The number of aliphatic hydroxyl groups excluding tert-OH is 1. The lowest BCUT2D eigenvalue weighted by Gasteiger charge is -2.32. The summed E-state index contributed by atoms with van der Waals surface area (Å²) in [7, 11) is 1.60. The number of nitrogens with two attached hydrogens (primary N) is 2. The summed E-state index contributed by atoms with van der Waals surface area (Å²) in [5.74, 6) is -1.36. The van der Waals surface area contributed by atoms with Crippen LogP contribution in [0.2, 0.25) is 0 Å². The van der Waals surface area contributed by atoms with Gasteiger partial charge in [-0.2, -0.15) is 9.97 Å². The highest BCUT2D eigenvalue weighted by molar-refractivity contribution is 6.12. The van der Waals surface area contributed by atoms with E-state index in [1.807, 2.05) is 25.1 Å². The zero-order valence-corrected chi connectivity index (χ0v) is 47.1. The number of amides is 6. The number of anilines is 2. The van der Waals surface area contributed by atoms with Gasteiger partial charge in [0, 0.05) is 42.9 Å². The molecule has 4 heterocycles. The second-order valence-electron chi connectivity index (χ2n) is 20.0. The predicted octanol–water partition coefficient (Wildman–Crippen LogP) is 1.22. The summed E-state index contributed by atoms with van der Waals surface area (Å²) in [6.07, 6.45) is 3.88. The number of H-pyrrole nitrogens is 1. The van der Waals surface area contributed by atoms with E-state index < -0.39 is 42.3 Å². The van der Waals surface area contributed by atoms with Crippen molar-refractivity contribution in [1.82, 2.24) is 50.6 Å². The molecule has 6 rings (SSSR count). The Balaban J connectivity index is 0.861. The summed E-state index contributed by atoms with van der Waals surface area (Å²) in [5.41, 5.74) is 14.8. The van der Waals surface area contributed by atoms with Crippen LogP contribution in [0.25, 0.3) is 11.2 Å². The molecule has 448 valence electrons. The van der Waals surface area contributed by atoms with E-state index in [1.54, 1.807) is 45.2 Å². The summed E-state index contributed by atoms with van der Waals surface area (Å²) in [6.45, 7) is 10.5. The van der Waals surface area contributed by atoms with Crippen LogP contribution in [0.5, 0.6) is 11.8 Å². The van der Waals surface area contributed by atoms with E-state index in [-0.39, 0.29) is 114 Å². The van der Waals surface area contributed by atoms with Crippen molar-refractivity contribution < 1.29 is 62.3 Å². The number of likely N-dealkylation sites (tertiary alicyclic amines) is 1. The van der Waals surface area contributed by atoms with Crippen molar-refractivity contribution in [3.05, 3.63) is 81.8 Å². The number of alkyl carbamates (subject to hydrolysis) is 1. The van der Waals surface area contributed by atoms with Crippen molar-refractivity contribution in [3.8, 4) is 11.8 Å². The molecule has 82 heavy (non-hydrogen) atoms. The molecule has 2 aromatic carbocycles. The number of aromatic nitrogens is 4. The standard InChI is InChI=1S/C55H79N13O14/c1-5-81-53-64-48(56)47-49(65-53)68(54(75)63-47)33-39-11-8-38(31-42(39)77-4)32-66-22-17-36(18-23-66)16-21-59-55(76)82-34-37-9-12-40(13-10-37)60-50(72)41(7-6-20-58-52(57)74)61-51(73)46(35(2)3)62-43(69)19-25-78-27-29-80-30-28-79-26-24-67-44(70)14-15-45(67)71/h8-15,31,35-36,41,46,52,58,74H,5-7,16-30,32-34,57H2,1-4H3,(H,59,76)(H,60,72)(H,61,73)(H,62,69)(H,63,75)(H2,56,64,65)/t41-,46-,52?/m0/s1. The smallest absolute Gasteiger partial charge is 0.407 e. The van der Waals surface area contributed by atoms with Crippen LogP contribution in [0.1, 0.15) is 76.0 Å². The number of fused-ring (bicyclic) bond motifs is 1. The predicted molar refractivity (Wildman–Crippen MR) is 301 cm³/mol. The first-order chi connectivity index (χ1) is 39.5. The lowest BCUT2D eigenvalue weighted by Crippen LogP contribution is -2.54. The third-order valence-electron chi connectivity index (χ3n) is 13.6. The summed E-state index contributed by atoms with van der Waals surface area (Å²) >= 11 is 0. The Bertz CT molecular complexity index is 2820. The molecule has 2 aliphatic rings. The molecule has 0 aliphatic carbocycles. The molecular weight excluding hydrogens is 1070 g/mol. The number of nitrogens with zero attached hydrogens (tertiary/aromatic N) is 5. The van der Waals surface area contributed by atoms with Gasteiger partial charge < -0.3 is 65.5 Å². The molecule has 1 saturated heterocycles. The van der Waals surface area contributed by atoms with E-state index in [4.69, 9.17) is 39.9 Å². The van der Waals surface area contributed by atoms with Crippen molar-refractivity contribution in [3.63, 3.8) is 0 Å². The second kappa shape index (κ2) is 32.8. The largest absolute Gasteiger partial charge is 0.496 e. The Morgan fingerprint density at radius 3 is 2.21 bits per heavy atom. The Morgan fingerprint density at radius 1 is 0.854 bits per heavy atom. The molecule has 2 aromatic heterocycles. The van der Waals surface area contributed by atoms with Crippen molar-refractivity contribution in [2.75, 3.05) is 97.1 Å². The molecule has 27 heteroatoms. The number of imidazole rings is 1. The van der Waals surface area contributed by atoms with E-state index in [0.29, 0.717) is 53.7 Å². The number of ether oxygens (including phenoxy) is 6.